The van der Waals surface area contributed by atoms with Crippen LogP contribution in [-0.2, 0) is 49.9 Å². The van der Waals surface area contributed by atoms with E-state index in [1.807, 2.05) is 0 Å². The topological polar surface area (TPSA) is 0 Å². The van der Waals surface area contributed by atoms with Crippen molar-refractivity contribution in [1.29, 1.82) is 0 Å². The molecule has 0 fully saturated rings. The number of benzene rings is 2. The second kappa shape index (κ2) is 10.5. The molecule has 0 spiro atoms. The van der Waals surface area contributed by atoms with Crippen LogP contribution in [0.4, 0.5) is 79.0 Å². The van der Waals surface area contributed by atoms with Crippen LogP contribution in [-0.4, -0.2) is 0 Å². The summed E-state index contributed by atoms with van der Waals surface area (Å²) in [6.07, 6.45) is -39.9. The van der Waals surface area contributed by atoms with E-state index >= 15 is 0 Å². The minimum absolute atomic E-state index is 0.299. The van der Waals surface area contributed by atoms with Crippen molar-refractivity contribution in [3.05, 3.63) is 68.8 Å². The first-order valence-corrected chi connectivity index (χ1v) is 10.4. The zero-order valence-corrected chi connectivity index (χ0v) is 18.9. The van der Waals surface area contributed by atoms with Gasteiger partial charge >= 0.3 is 37.1 Å². The third kappa shape index (κ3) is 7.67. The molecular formula is C22H12F18. The van der Waals surface area contributed by atoms with Crippen LogP contribution in [0.1, 0.15) is 57.3 Å². The van der Waals surface area contributed by atoms with E-state index in [0.29, 0.717) is 0 Å². The van der Waals surface area contributed by atoms with Gasteiger partial charge in [0.25, 0.3) is 0 Å². The molecule has 0 atom stereocenters. The zero-order chi connectivity index (χ0) is 31.3. The van der Waals surface area contributed by atoms with E-state index in [2.05, 4.69) is 0 Å². The van der Waals surface area contributed by atoms with Crippen molar-refractivity contribution in [1.82, 2.24) is 0 Å². The molecule has 2 rings (SSSR count). The molecule has 0 saturated heterocycles. The van der Waals surface area contributed by atoms with Gasteiger partial charge in [0, 0.05) is 0 Å². The Labute approximate surface area is 211 Å². The maximum atomic E-state index is 13.5. The van der Waals surface area contributed by atoms with Crippen molar-refractivity contribution in [2.45, 2.75) is 62.7 Å². The van der Waals surface area contributed by atoms with Gasteiger partial charge in [-0.05, 0) is 61.1 Å². The lowest BCUT2D eigenvalue weighted by Gasteiger charge is -2.23. The first-order chi connectivity index (χ1) is 17.7. The third-order valence-corrected chi connectivity index (χ3v) is 5.50. The number of halogens is 18. The predicted molar refractivity (Wildman–Crippen MR) is 99.5 cm³/mol. The number of rotatable bonds is 5. The lowest BCUT2D eigenvalue weighted by atomic mass is 9.89. The third-order valence-electron chi connectivity index (χ3n) is 5.50. The normalized spacial score (nSPS) is 14.2. The summed E-state index contributed by atoms with van der Waals surface area (Å²) in [4.78, 5) is 0. The quantitative estimate of drug-likeness (QED) is 0.231. The molecule has 0 aliphatic rings. The predicted octanol–water partition coefficient (Wildman–Crippen LogP) is 10.4. The van der Waals surface area contributed by atoms with Gasteiger partial charge in [-0.3, -0.25) is 0 Å². The highest BCUT2D eigenvalue weighted by Crippen LogP contribution is 2.47. The summed E-state index contributed by atoms with van der Waals surface area (Å²) >= 11 is 0. The minimum atomic E-state index is -6.01. The Hall–Kier alpha value is -2.82. The molecule has 0 amide bonds. The Balaban J connectivity index is 2.59. The SMILES string of the molecule is FC(F)(F)c1cc(C(F)(F)F)c(CCCCc2c(C(F)(F)F)ccc(C(F)(F)F)c2C(F)(F)F)c(C(F)(F)F)c1. The van der Waals surface area contributed by atoms with Gasteiger partial charge in [-0.25, -0.2) is 0 Å². The fourth-order valence-electron chi connectivity index (χ4n) is 3.95. The Morgan fingerprint density at radius 1 is 0.375 bits per heavy atom. The van der Waals surface area contributed by atoms with E-state index in [4.69, 9.17) is 0 Å². The second-order valence-corrected chi connectivity index (χ2v) is 8.26. The summed E-state index contributed by atoms with van der Waals surface area (Å²) in [5, 5.41) is 0. The van der Waals surface area contributed by atoms with Crippen molar-refractivity contribution in [3.63, 3.8) is 0 Å². The molecule has 0 nitrogen and oxygen atoms in total. The van der Waals surface area contributed by atoms with Gasteiger partial charge in [0.2, 0.25) is 0 Å². The van der Waals surface area contributed by atoms with Crippen molar-refractivity contribution in [2.24, 2.45) is 0 Å². The highest BCUT2D eigenvalue weighted by atomic mass is 19.4. The van der Waals surface area contributed by atoms with Gasteiger partial charge in [0.05, 0.1) is 33.4 Å². The van der Waals surface area contributed by atoms with Crippen molar-refractivity contribution in [2.75, 3.05) is 0 Å². The highest BCUT2D eigenvalue weighted by molar-refractivity contribution is 5.46. The van der Waals surface area contributed by atoms with E-state index < -0.39 is 125 Å². The van der Waals surface area contributed by atoms with Crippen LogP contribution in [0.5, 0.6) is 0 Å². The maximum Gasteiger partial charge on any atom is 0.417 e. The second-order valence-electron chi connectivity index (χ2n) is 8.26. The van der Waals surface area contributed by atoms with Crippen LogP contribution in [0.15, 0.2) is 24.3 Å². The number of alkyl halides is 18. The standard InChI is InChI=1S/C22H12F18/c23-17(24,25)9-7-14(20(32,33)34)10(15(8-9)21(35,36)37)3-1-2-4-11-12(18(26,27)28)5-6-13(19(29,30)31)16(11)22(38,39)40/h5-8H,1-4H2. The summed E-state index contributed by atoms with van der Waals surface area (Å²) in [6, 6.07) is -2.04. The first kappa shape index (κ1) is 33.4. The van der Waals surface area contributed by atoms with Crippen LogP contribution in [0.25, 0.3) is 0 Å². The Morgan fingerprint density at radius 3 is 1.05 bits per heavy atom. The van der Waals surface area contributed by atoms with Gasteiger partial charge < -0.3 is 0 Å². The summed E-state index contributed by atoms with van der Waals surface area (Å²) in [6.45, 7) is 0. The smallest absolute Gasteiger partial charge is 0.166 e. The molecule has 40 heavy (non-hydrogen) atoms. The van der Waals surface area contributed by atoms with Gasteiger partial charge in [-0.1, -0.05) is 0 Å². The van der Waals surface area contributed by atoms with Gasteiger partial charge in [0.15, 0.2) is 0 Å². The van der Waals surface area contributed by atoms with Crippen LogP contribution in [0.3, 0.4) is 0 Å². The molecule has 0 bridgehead atoms. The molecule has 2 aromatic rings. The summed E-state index contributed by atoms with van der Waals surface area (Å²) in [5.74, 6) is 0. The molecule has 0 aliphatic carbocycles. The molecule has 0 aliphatic heterocycles. The molecule has 18 heteroatoms. The lowest BCUT2D eigenvalue weighted by molar-refractivity contribution is -0.164. The van der Waals surface area contributed by atoms with Gasteiger partial charge in [0.1, 0.15) is 0 Å². The molecule has 0 N–H and O–H groups in total. The fraction of sp³-hybridized carbons (Fsp3) is 0.455. The minimum Gasteiger partial charge on any atom is -0.166 e. The molecule has 0 aromatic heterocycles. The Kier molecular flexibility index (Phi) is 8.80. The van der Waals surface area contributed by atoms with E-state index in [1.54, 1.807) is 0 Å². The van der Waals surface area contributed by atoms with Crippen LogP contribution in [0.2, 0.25) is 0 Å². The van der Waals surface area contributed by atoms with E-state index in [1.165, 1.54) is 0 Å². The van der Waals surface area contributed by atoms with Crippen molar-refractivity contribution in [3.8, 4) is 0 Å². The summed E-state index contributed by atoms with van der Waals surface area (Å²) in [5.41, 5.74) is -18.3. The molecule has 2 aromatic carbocycles. The Morgan fingerprint density at radius 2 is 0.725 bits per heavy atom. The molecule has 0 unspecified atom stereocenters. The van der Waals surface area contributed by atoms with E-state index in [9.17, 15) is 79.0 Å². The molecular weight excluding hydrogens is 606 g/mol. The van der Waals surface area contributed by atoms with Crippen LogP contribution in [0, 0.1) is 0 Å². The lowest BCUT2D eigenvalue weighted by Crippen LogP contribution is -2.23. The van der Waals surface area contributed by atoms with Gasteiger partial charge in [-0.15, -0.1) is 0 Å². The monoisotopic (exact) mass is 618 g/mol. The molecule has 0 radical (unpaired) electrons. The highest BCUT2D eigenvalue weighted by Gasteiger charge is 2.48. The molecule has 0 saturated carbocycles. The van der Waals surface area contributed by atoms with E-state index in [0.717, 1.165) is 0 Å². The van der Waals surface area contributed by atoms with Crippen LogP contribution < -0.4 is 0 Å². The number of unbranched alkanes of at least 4 members (excludes halogenated alkanes) is 1. The summed E-state index contributed by atoms with van der Waals surface area (Å²) < 4.78 is 239. The van der Waals surface area contributed by atoms with Gasteiger partial charge in [-0.2, -0.15) is 79.0 Å². The fourth-order valence-corrected chi connectivity index (χ4v) is 3.95. The maximum absolute atomic E-state index is 13.5. The average Bonchev–Trinajstić information content (AvgIpc) is 2.71. The first-order valence-electron chi connectivity index (χ1n) is 10.4. The summed E-state index contributed by atoms with van der Waals surface area (Å²) in [7, 11) is 0. The van der Waals surface area contributed by atoms with Crippen molar-refractivity contribution < 1.29 is 79.0 Å². The zero-order valence-electron chi connectivity index (χ0n) is 18.9. The molecule has 0 heterocycles. The van der Waals surface area contributed by atoms with Crippen molar-refractivity contribution >= 4 is 0 Å². The Bertz CT molecular complexity index is 1160. The van der Waals surface area contributed by atoms with E-state index in [-0.39, 0.29) is 6.07 Å². The number of hydrogen-bond acceptors (Lipinski definition) is 0. The number of hydrogen-bond donors (Lipinski definition) is 0. The van der Waals surface area contributed by atoms with Crippen LogP contribution >= 0.6 is 0 Å². The average molecular weight is 618 g/mol. The largest absolute Gasteiger partial charge is 0.417 e. The molecule has 226 valence electrons.